The molecule has 70 valence electrons. The second-order valence-electron chi connectivity index (χ2n) is 2.83. The fraction of sp³-hybridized carbons (Fsp3) is 0.273. The van der Waals surface area contributed by atoms with E-state index in [4.69, 9.17) is 5.11 Å². The molecule has 0 radical (unpaired) electrons. The number of aliphatic hydroxyl groups excluding tert-OH is 1. The summed E-state index contributed by atoms with van der Waals surface area (Å²) in [7, 11) is 0. The number of allylic oxidation sites excluding steroid dienone is 1. The van der Waals surface area contributed by atoms with Gasteiger partial charge < -0.3 is 10.2 Å². The number of benzene rings is 1. The molecule has 2 nitrogen and oxygen atoms in total. The van der Waals surface area contributed by atoms with Crippen molar-refractivity contribution < 1.29 is 10.2 Å². The Hall–Kier alpha value is -1.28. The van der Waals surface area contributed by atoms with Crippen LogP contribution in [0.2, 0.25) is 0 Å². The van der Waals surface area contributed by atoms with E-state index < -0.39 is 0 Å². The molecule has 0 aliphatic carbocycles. The summed E-state index contributed by atoms with van der Waals surface area (Å²) in [6, 6.07) is 7.18. The van der Waals surface area contributed by atoms with E-state index in [0.29, 0.717) is 5.75 Å². The van der Waals surface area contributed by atoms with Crippen molar-refractivity contribution in [2.24, 2.45) is 0 Å². The lowest BCUT2D eigenvalue weighted by molar-refractivity contribution is 0.290. The molecule has 1 aromatic rings. The van der Waals surface area contributed by atoms with Gasteiger partial charge in [-0.15, -0.1) is 0 Å². The Morgan fingerprint density at radius 2 is 2.00 bits per heavy atom. The molecule has 0 amide bonds. The highest BCUT2D eigenvalue weighted by molar-refractivity contribution is 5.56. The maximum Gasteiger partial charge on any atom is 0.122 e. The number of aromatic hydroxyl groups is 1. The van der Waals surface area contributed by atoms with Crippen LogP contribution in [-0.4, -0.2) is 16.8 Å². The molecular formula is C11H14O2. The van der Waals surface area contributed by atoms with Crippen LogP contribution in [0.25, 0.3) is 6.08 Å². The summed E-state index contributed by atoms with van der Waals surface area (Å²) >= 11 is 0. The molecule has 0 unspecified atom stereocenters. The molecule has 0 heterocycles. The van der Waals surface area contributed by atoms with Gasteiger partial charge in [0, 0.05) is 12.2 Å². The third-order valence-electron chi connectivity index (χ3n) is 1.76. The molecule has 0 aliphatic heterocycles. The normalized spacial score (nSPS) is 10.8. The van der Waals surface area contributed by atoms with Crippen LogP contribution in [0.15, 0.2) is 30.3 Å². The Balaban J connectivity index is 2.53. The summed E-state index contributed by atoms with van der Waals surface area (Å²) < 4.78 is 0. The van der Waals surface area contributed by atoms with Gasteiger partial charge in [0.05, 0.1) is 0 Å². The van der Waals surface area contributed by atoms with Crippen molar-refractivity contribution in [2.75, 3.05) is 6.61 Å². The lowest BCUT2D eigenvalue weighted by Gasteiger charge is -1.96. The first-order chi connectivity index (χ1) is 6.34. The molecule has 2 N–H and O–H groups in total. The van der Waals surface area contributed by atoms with E-state index in [1.54, 1.807) is 12.1 Å². The SMILES string of the molecule is OCCCC=Cc1ccccc1O. The third kappa shape index (κ3) is 3.30. The van der Waals surface area contributed by atoms with Crippen molar-refractivity contribution >= 4 is 6.08 Å². The number of phenolic OH excluding ortho intramolecular Hbond substituents is 1. The highest BCUT2D eigenvalue weighted by Gasteiger charge is 1.92. The van der Waals surface area contributed by atoms with Gasteiger partial charge in [0.25, 0.3) is 0 Å². The highest BCUT2D eigenvalue weighted by atomic mass is 16.3. The van der Waals surface area contributed by atoms with Gasteiger partial charge in [0.1, 0.15) is 5.75 Å². The standard InChI is InChI=1S/C11H14O2/c12-9-5-1-2-6-10-7-3-4-8-11(10)13/h2-4,6-8,12-13H,1,5,9H2. The van der Waals surface area contributed by atoms with Gasteiger partial charge in [-0.3, -0.25) is 0 Å². The molecule has 0 bridgehead atoms. The monoisotopic (exact) mass is 178 g/mol. The summed E-state index contributed by atoms with van der Waals surface area (Å²) in [5.41, 5.74) is 0.820. The van der Waals surface area contributed by atoms with Crippen LogP contribution in [-0.2, 0) is 0 Å². The van der Waals surface area contributed by atoms with Crippen molar-refractivity contribution in [1.29, 1.82) is 0 Å². The van der Waals surface area contributed by atoms with Crippen molar-refractivity contribution in [3.05, 3.63) is 35.9 Å². The van der Waals surface area contributed by atoms with Gasteiger partial charge >= 0.3 is 0 Å². The minimum atomic E-state index is 0.213. The quantitative estimate of drug-likeness (QED) is 0.694. The second kappa shape index (κ2) is 5.38. The topological polar surface area (TPSA) is 40.5 Å². The van der Waals surface area contributed by atoms with Crippen LogP contribution in [0.5, 0.6) is 5.75 Å². The molecule has 1 rings (SSSR count). The van der Waals surface area contributed by atoms with Gasteiger partial charge in [-0.05, 0) is 18.9 Å². The largest absolute Gasteiger partial charge is 0.507 e. The lowest BCUT2D eigenvalue weighted by atomic mass is 10.1. The number of unbranched alkanes of at least 4 members (excludes halogenated alkanes) is 1. The van der Waals surface area contributed by atoms with Crippen LogP contribution in [0.1, 0.15) is 18.4 Å². The van der Waals surface area contributed by atoms with E-state index in [-0.39, 0.29) is 6.61 Å². The molecule has 0 saturated heterocycles. The summed E-state index contributed by atoms with van der Waals surface area (Å²) in [6.07, 6.45) is 5.42. The maximum atomic E-state index is 9.37. The Kier molecular flexibility index (Phi) is 4.06. The molecule has 0 aliphatic rings. The Morgan fingerprint density at radius 3 is 2.69 bits per heavy atom. The molecule has 0 atom stereocenters. The number of hydrogen-bond acceptors (Lipinski definition) is 2. The zero-order valence-electron chi connectivity index (χ0n) is 7.48. The number of rotatable bonds is 4. The Bertz CT molecular complexity index is 279. The highest BCUT2D eigenvalue weighted by Crippen LogP contribution is 2.17. The van der Waals surface area contributed by atoms with Gasteiger partial charge in [0.2, 0.25) is 0 Å². The Morgan fingerprint density at radius 1 is 1.23 bits per heavy atom. The van der Waals surface area contributed by atoms with E-state index >= 15 is 0 Å². The first-order valence-electron chi connectivity index (χ1n) is 4.40. The van der Waals surface area contributed by atoms with Gasteiger partial charge in [-0.2, -0.15) is 0 Å². The summed E-state index contributed by atoms with van der Waals surface area (Å²) in [4.78, 5) is 0. The Labute approximate surface area is 78.2 Å². The second-order valence-corrected chi connectivity index (χ2v) is 2.83. The molecule has 0 spiro atoms. The zero-order valence-corrected chi connectivity index (χ0v) is 7.48. The summed E-state index contributed by atoms with van der Waals surface area (Å²) in [6.45, 7) is 0.213. The van der Waals surface area contributed by atoms with Crippen LogP contribution in [0, 0.1) is 0 Å². The van der Waals surface area contributed by atoms with Crippen molar-refractivity contribution in [2.45, 2.75) is 12.8 Å². The van der Waals surface area contributed by atoms with Gasteiger partial charge in [-0.25, -0.2) is 0 Å². The summed E-state index contributed by atoms with van der Waals surface area (Å²) in [5, 5.41) is 17.9. The predicted molar refractivity (Wildman–Crippen MR) is 53.5 cm³/mol. The van der Waals surface area contributed by atoms with E-state index in [0.717, 1.165) is 18.4 Å². The van der Waals surface area contributed by atoms with E-state index in [2.05, 4.69) is 0 Å². The molecule has 2 heteroatoms. The van der Waals surface area contributed by atoms with Gasteiger partial charge in [0.15, 0.2) is 0 Å². The average Bonchev–Trinajstić information content (AvgIpc) is 2.15. The lowest BCUT2D eigenvalue weighted by Crippen LogP contribution is -1.78. The molecule has 13 heavy (non-hydrogen) atoms. The van der Waals surface area contributed by atoms with Crippen LogP contribution in [0.4, 0.5) is 0 Å². The van der Waals surface area contributed by atoms with Crippen molar-refractivity contribution in [3.8, 4) is 5.75 Å². The summed E-state index contributed by atoms with van der Waals surface area (Å²) in [5.74, 6) is 0.294. The number of para-hydroxylation sites is 1. The fourth-order valence-corrected chi connectivity index (χ4v) is 1.05. The smallest absolute Gasteiger partial charge is 0.122 e. The van der Waals surface area contributed by atoms with Gasteiger partial charge in [-0.1, -0.05) is 30.4 Å². The van der Waals surface area contributed by atoms with Crippen LogP contribution >= 0.6 is 0 Å². The predicted octanol–water partition coefficient (Wildman–Crippen LogP) is 2.18. The maximum absolute atomic E-state index is 9.37. The molecule has 0 fully saturated rings. The zero-order chi connectivity index (χ0) is 9.52. The van der Waals surface area contributed by atoms with Crippen LogP contribution in [0.3, 0.4) is 0 Å². The average molecular weight is 178 g/mol. The third-order valence-corrected chi connectivity index (χ3v) is 1.76. The fourth-order valence-electron chi connectivity index (χ4n) is 1.05. The molecule has 1 aromatic carbocycles. The minimum Gasteiger partial charge on any atom is -0.507 e. The molecular weight excluding hydrogens is 164 g/mol. The number of aliphatic hydroxyl groups is 1. The number of phenols is 1. The molecule has 0 saturated carbocycles. The van der Waals surface area contributed by atoms with Crippen LogP contribution < -0.4 is 0 Å². The van der Waals surface area contributed by atoms with Crippen molar-refractivity contribution in [3.63, 3.8) is 0 Å². The molecule has 0 aromatic heterocycles. The minimum absolute atomic E-state index is 0.213. The first-order valence-corrected chi connectivity index (χ1v) is 4.40. The first kappa shape index (κ1) is 9.81. The van der Waals surface area contributed by atoms with E-state index in [1.807, 2.05) is 24.3 Å². The van der Waals surface area contributed by atoms with E-state index in [1.165, 1.54) is 0 Å². The number of hydrogen-bond donors (Lipinski definition) is 2. The van der Waals surface area contributed by atoms with Crippen molar-refractivity contribution in [1.82, 2.24) is 0 Å². The van der Waals surface area contributed by atoms with E-state index in [9.17, 15) is 5.11 Å².